The minimum absolute atomic E-state index is 0.104. The van der Waals surface area contributed by atoms with Crippen molar-refractivity contribution in [1.82, 2.24) is 24.4 Å². The molecule has 1 saturated carbocycles. The Labute approximate surface area is 243 Å². The van der Waals surface area contributed by atoms with E-state index in [4.69, 9.17) is 16.6 Å². The molecule has 2 atom stereocenters. The number of amidine groups is 1. The average molecular weight is 627 g/mol. The lowest BCUT2D eigenvalue weighted by Crippen LogP contribution is -2.44. The molecule has 4 heterocycles. The van der Waals surface area contributed by atoms with E-state index in [1.807, 2.05) is 4.90 Å². The summed E-state index contributed by atoms with van der Waals surface area (Å²) in [6, 6.07) is 3.96. The summed E-state index contributed by atoms with van der Waals surface area (Å²) in [5.74, 6) is -0.0676. The maximum absolute atomic E-state index is 14.0. The predicted octanol–water partition coefficient (Wildman–Crippen LogP) is 4.74. The molecule has 2 N–H and O–H groups in total. The van der Waals surface area contributed by atoms with Gasteiger partial charge in [-0.1, -0.05) is 17.7 Å². The van der Waals surface area contributed by atoms with Gasteiger partial charge in [-0.15, -0.1) is 11.3 Å². The van der Waals surface area contributed by atoms with E-state index in [0.717, 1.165) is 12.3 Å². The largest absolute Gasteiger partial charge is 0.393 e. The van der Waals surface area contributed by atoms with Gasteiger partial charge in [-0.25, -0.2) is 27.2 Å². The van der Waals surface area contributed by atoms with Crippen molar-refractivity contribution in [2.75, 3.05) is 6.54 Å². The highest BCUT2D eigenvalue weighted by Crippen LogP contribution is 2.46. The number of benzene rings is 1. The molecule has 2 fully saturated rings. The highest BCUT2D eigenvalue weighted by molar-refractivity contribution is 7.90. The Bertz CT molecular complexity index is 1600. The fourth-order valence-corrected chi connectivity index (χ4v) is 8.34. The highest BCUT2D eigenvalue weighted by atomic mass is 35.5. The van der Waals surface area contributed by atoms with Gasteiger partial charge in [0.1, 0.15) is 11.9 Å². The van der Waals surface area contributed by atoms with Crippen molar-refractivity contribution in [3.8, 4) is 0 Å². The molecule has 15 heteroatoms. The Hall–Kier alpha value is -2.78. The number of halogens is 4. The minimum Gasteiger partial charge on any atom is -0.393 e. The molecule has 6 rings (SSSR count). The molecule has 2 aromatic heterocycles. The molecule has 3 aliphatic rings. The van der Waals surface area contributed by atoms with Crippen molar-refractivity contribution in [1.29, 1.82) is 0 Å². The first-order valence-corrected chi connectivity index (χ1v) is 15.9. The second-order valence-electron chi connectivity index (χ2n) is 10.3. The smallest absolute Gasteiger partial charge is 0.333 e. The van der Waals surface area contributed by atoms with Crippen LogP contribution in [0, 0.1) is 5.82 Å². The Morgan fingerprint density at radius 2 is 1.95 bits per heavy atom. The molecule has 0 bridgehead atoms. The standard InChI is InChI=1S/C26H26ClF3N6O3S2/c27-19-11-14(28)1-6-18(19)23-22(20-7-9-36(33-20)26(29)30)21-12-15(13-35(21)24(32-23)25-31-8-10-40-25)34-41(38,39)17-4-2-16(37)3-5-17/h1,6-11,15-17,23,26,34,37H,2-5,12-13H2/t15-,16-,17+,23-/m0/s1. The number of alkyl halides is 2. The van der Waals surface area contributed by atoms with Gasteiger partial charge in [-0.2, -0.15) is 13.9 Å². The fraction of sp³-hybridized carbons (Fsp3) is 0.423. The van der Waals surface area contributed by atoms with Crippen molar-refractivity contribution in [2.24, 2.45) is 4.99 Å². The molecule has 1 aromatic carbocycles. The maximum atomic E-state index is 14.0. The monoisotopic (exact) mass is 626 g/mol. The quantitative estimate of drug-likeness (QED) is 0.392. The van der Waals surface area contributed by atoms with Crippen LogP contribution in [0.1, 0.15) is 61.0 Å². The molecular weight excluding hydrogens is 601 g/mol. The Morgan fingerprint density at radius 1 is 1.17 bits per heavy atom. The molecule has 2 aliphatic heterocycles. The van der Waals surface area contributed by atoms with E-state index in [-0.39, 0.29) is 23.7 Å². The first kappa shape index (κ1) is 28.3. The number of aliphatic hydroxyl groups excluding tert-OH is 1. The van der Waals surface area contributed by atoms with Gasteiger partial charge in [-0.3, -0.25) is 4.99 Å². The van der Waals surface area contributed by atoms with Crippen LogP contribution in [0.2, 0.25) is 5.02 Å². The van der Waals surface area contributed by atoms with Crippen molar-refractivity contribution in [3.05, 3.63) is 74.8 Å². The number of hydrogen-bond acceptors (Lipinski definition) is 8. The van der Waals surface area contributed by atoms with E-state index in [9.17, 15) is 26.7 Å². The lowest BCUT2D eigenvalue weighted by atomic mass is 9.92. The summed E-state index contributed by atoms with van der Waals surface area (Å²) in [5, 5.41) is 15.8. The third kappa shape index (κ3) is 5.55. The normalized spacial score (nSPS) is 25.1. The summed E-state index contributed by atoms with van der Waals surface area (Å²) < 4.78 is 71.1. The van der Waals surface area contributed by atoms with Gasteiger partial charge in [0, 0.05) is 58.6 Å². The zero-order valence-corrected chi connectivity index (χ0v) is 23.9. The lowest BCUT2D eigenvalue weighted by molar-refractivity contribution is 0.0564. The zero-order chi connectivity index (χ0) is 28.9. The van der Waals surface area contributed by atoms with Gasteiger partial charge in [-0.05, 0) is 43.9 Å². The van der Waals surface area contributed by atoms with Crippen molar-refractivity contribution in [2.45, 2.75) is 62.1 Å². The number of nitrogens with one attached hydrogen (secondary N) is 1. The molecule has 1 aliphatic carbocycles. The van der Waals surface area contributed by atoms with E-state index in [0.29, 0.717) is 58.0 Å². The Kier molecular flexibility index (Phi) is 7.70. The first-order chi connectivity index (χ1) is 19.6. The van der Waals surface area contributed by atoms with E-state index < -0.39 is 45.8 Å². The molecule has 0 radical (unpaired) electrons. The number of sulfonamides is 1. The topological polar surface area (TPSA) is 113 Å². The molecule has 41 heavy (non-hydrogen) atoms. The first-order valence-electron chi connectivity index (χ1n) is 13.1. The Morgan fingerprint density at radius 3 is 2.61 bits per heavy atom. The third-order valence-corrected chi connectivity index (χ3v) is 10.7. The van der Waals surface area contributed by atoms with Crippen LogP contribution in [0.25, 0.3) is 5.57 Å². The van der Waals surface area contributed by atoms with E-state index in [1.54, 1.807) is 11.6 Å². The van der Waals surface area contributed by atoms with Crippen molar-refractivity contribution in [3.63, 3.8) is 0 Å². The second-order valence-corrected chi connectivity index (χ2v) is 13.6. The summed E-state index contributed by atoms with van der Waals surface area (Å²) in [5.41, 5.74) is 1.78. The van der Waals surface area contributed by atoms with Gasteiger partial charge in [0.2, 0.25) is 10.0 Å². The number of aliphatic imine (C=N–C) groups is 1. The second kappa shape index (κ2) is 11.1. The van der Waals surface area contributed by atoms with Crippen LogP contribution in [-0.4, -0.2) is 63.0 Å². The Balaban J connectivity index is 1.45. The van der Waals surface area contributed by atoms with Gasteiger partial charge < -0.3 is 10.0 Å². The summed E-state index contributed by atoms with van der Waals surface area (Å²) in [6.07, 6.45) is 4.09. The number of aliphatic hydroxyl groups is 1. The molecule has 0 amide bonds. The fourth-order valence-electron chi connectivity index (χ4n) is 5.72. The van der Waals surface area contributed by atoms with Crippen molar-refractivity contribution < 1.29 is 26.7 Å². The van der Waals surface area contributed by atoms with Crippen LogP contribution in [0.15, 0.2) is 52.7 Å². The van der Waals surface area contributed by atoms with Crippen LogP contribution in [0.4, 0.5) is 13.2 Å². The summed E-state index contributed by atoms with van der Waals surface area (Å²) in [4.78, 5) is 11.2. The predicted molar refractivity (Wildman–Crippen MR) is 149 cm³/mol. The number of fused-ring (bicyclic) bond motifs is 1. The van der Waals surface area contributed by atoms with Gasteiger partial charge in [0.25, 0.3) is 0 Å². The number of nitrogens with zero attached hydrogens (tertiary/aromatic N) is 5. The van der Waals surface area contributed by atoms with Gasteiger partial charge >= 0.3 is 6.55 Å². The van der Waals surface area contributed by atoms with Crippen LogP contribution in [0.3, 0.4) is 0 Å². The van der Waals surface area contributed by atoms with E-state index in [1.165, 1.54) is 29.5 Å². The minimum atomic E-state index is -3.72. The van der Waals surface area contributed by atoms with Crippen molar-refractivity contribution >= 4 is 44.4 Å². The summed E-state index contributed by atoms with van der Waals surface area (Å²) >= 11 is 7.83. The highest BCUT2D eigenvalue weighted by Gasteiger charge is 2.43. The van der Waals surface area contributed by atoms with E-state index >= 15 is 0 Å². The van der Waals surface area contributed by atoms with E-state index in [2.05, 4.69) is 14.8 Å². The molecule has 218 valence electrons. The van der Waals surface area contributed by atoms with Gasteiger partial charge in [0.05, 0.1) is 17.0 Å². The maximum Gasteiger partial charge on any atom is 0.333 e. The number of hydrogen-bond donors (Lipinski definition) is 2. The van der Waals surface area contributed by atoms with Crippen LogP contribution >= 0.6 is 22.9 Å². The van der Waals surface area contributed by atoms with Crippen LogP contribution in [-0.2, 0) is 10.0 Å². The van der Waals surface area contributed by atoms with Gasteiger partial charge in [0.15, 0.2) is 10.8 Å². The lowest BCUT2D eigenvalue weighted by Gasteiger charge is -2.32. The molecule has 0 unspecified atom stereocenters. The zero-order valence-electron chi connectivity index (χ0n) is 21.5. The van der Waals surface area contributed by atoms with Crippen LogP contribution in [0.5, 0.6) is 0 Å². The molecule has 3 aromatic rings. The molecule has 9 nitrogen and oxygen atoms in total. The number of rotatable bonds is 7. The average Bonchev–Trinajstić information content (AvgIpc) is 3.69. The molecule has 0 spiro atoms. The molecular formula is C26H26ClF3N6O3S2. The number of thiazole rings is 1. The summed E-state index contributed by atoms with van der Waals surface area (Å²) in [6.45, 7) is -2.64. The van der Waals surface area contributed by atoms with Crippen LogP contribution < -0.4 is 4.72 Å². The summed E-state index contributed by atoms with van der Waals surface area (Å²) in [7, 11) is -3.72. The number of aromatic nitrogens is 3. The SMILES string of the molecule is O=S(=O)(N[C@H]1CC2=C(c3ccn(C(F)F)n3)[C@H](c3ccc(F)cc3Cl)N=C(c3nccs3)N2C1)[C@H]1CC[C@@H](O)CC1. The molecule has 1 saturated heterocycles. The third-order valence-electron chi connectivity index (χ3n) is 7.64.